The molecule has 1 amide bonds. The number of rotatable bonds is 6. The van der Waals surface area contributed by atoms with Crippen LogP contribution >= 0.6 is 0 Å². The maximum atomic E-state index is 12.5. The molecular formula is C21H28N4O2. The number of carbonyl (C=O) groups excluding carboxylic acids is 1. The van der Waals surface area contributed by atoms with Gasteiger partial charge in [-0.05, 0) is 57.9 Å². The van der Waals surface area contributed by atoms with Crippen LogP contribution in [0.4, 0.5) is 0 Å². The molecule has 1 aromatic heterocycles. The standard InChI is InChI=1S/C21H28N4O2/c1-15-13-16(2)24-20(23-15)17-5-3-6-18(14-17)21(27)22-9-4-10-25-11-7-19(26)8-12-25/h3,5-6,13-14,19,26H,4,7-12H2,1-2H3,(H,22,27). The summed E-state index contributed by atoms with van der Waals surface area (Å²) >= 11 is 0. The average molecular weight is 368 g/mol. The van der Waals surface area contributed by atoms with Gasteiger partial charge < -0.3 is 15.3 Å². The van der Waals surface area contributed by atoms with Crippen LogP contribution < -0.4 is 5.32 Å². The van der Waals surface area contributed by atoms with E-state index in [1.807, 2.05) is 44.2 Å². The summed E-state index contributed by atoms with van der Waals surface area (Å²) < 4.78 is 0. The number of benzene rings is 1. The number of hydrogen-bond acceptors (Lipinski definition) is 5. The van der Waals surface area contributed by atoms with Gasteiger partial charge in [0.05, 0.1) is 6.10 Å². The van der Waals surface area contributed by atoms with Crippen LogP contribution in [0.15, 0.2) is 30.3 Å². The summed E-state index contributed by atoms with van der Waals surface area (Å²) in [6.45, 7) is 7.35. The molecule has 1 aliphatic rings. The summed E-state index contributed by atoms with van der Waals surface area (Å²) in [5, 5.41) is 12.5. The molecule has 1 saturated heterocycles. The molecule has 3 rings (SSSR count). The lowest BCUT2D eigenvalue weighted by atomic mass is 10.1. The van der Waals surface area contributed by atoms with E-state index in [2.05, 4.69) is 20.2 Å². The molecule has 27 heavy (non-hydrogen) atoms. The Morgan fingerprint density at radius 1 is 1.19 bits per heavy atom. The Labute approximate surface area is 160 Å². The second-order valence-corrected chi connectivity index (χ2v) is 7.24. The van der Waals surface area contributed by atoms with Crippen LogP contribution in [0.5, 0.6) is 0 Å². The van der Waals surface area contributed by atoms with E-state index in [-0.39, 0.29) is 12.0 Å². The fourth-order valence-electron chi connectivity index (χ4n) is 3.40. The minimum atomic E-state index is -0.144. The molecule has 144 valence electrons. The first-order valence-electron chi connectivity index (χ1n) is 9.62. The van der Waals surface area contributed by atoms with Crippen molar-refractivity contribution in [3.05, 3.63) is 47.3 Å². The minimum absolute atomic E-state index is 0.0738. The Bertz CT molecular complexity index is 765. The third-order valence-electron chi connectivity index (χ3n) is 4.86. The highest BCUT2D eigenvalue weighted by Gasteiger charge is 2.16. The zero-order valence-electron chi connectivity index (χ0n) is 16.1. The molecule has 0 aliphatic carbocycles. The Hall–Kier alpha value is -2.31. The normalized spacial score (nSPS) is 15.7. The first-order valence-corrected chi connectivity index (χ1v) is 9.62. The Balaban J connectivity index is 1.53. The second kappa shape index (κ2) is 9.06. The maximum Gasteiger partial charge on any atom is 0.251 e. The summed E-state index contributed by atoms with van der Waals surface area (Å²) in [5.74, 6) is 0.574. The molecule has 2 aromatic rings. The molecule has 0 saturated carbocycles. The number of amides is 1. The van der Waals surface area contributed by atoms with Gasteiger partial charge in [-0.2, -0.15) is 0 Å². The van der Waals surface area contributed by atoms with Gasteiger partial charge in [-0.15, -0.1) is 0 Å². The number of aromatic nitrogens is 2. The van der Waals surface area contributed by atoms with Crippen LogP contribution in [0.1, 0.15) is 41.0 Å². The molecule has 6 nitrogen and oxygen atoms in total. The van der Waals surface area contributed by atoms with Crippen molar-refractivity contribution in [2.75, 3.05) is 26.2 Å². The number of likely N-dealkylation sites (tertiary alicyclic amines) is 1. The minimum Gasteiger partial charge on any atom is -0.393 e. The molecule has 2 heterocycles. The van der Waals surface area contributed by atoms with Crippen LogP contribution in [0.2, 0.25) is 0 Å². The Kier molecular flexibility index (Phi) is 6.53. The first kappa shape index (κ1) is 19.5. The van der Waals surface area contributed by atoms with Gasteiger partial charge in [0.25, 0.3) is 5.91 Å². The molecule has 1 aliphatic heterocycles. The summed E-state index contributed by atoms with van der Waals surface area (Å²) in [4.78, 5) is 23.7. The number of aliphatic hydroxyl groups is 1. The summed E-state index contributed by atoms with van der Waals surface area (Å²) in [6, 6.07) is 9.38. The smallest absolute Gasteiger partial charge is 0.251 e. The quantitative estimate of drug-likeness (QED) is 0.765. The predicted octanol–water partition coefficient (Wildman–Crippen LogP) is 2.34. The van der Waals surface area contributed by atoms with Gasteiger partial charge in [-0.25, -0.2) is 9.97 Å². The number of piperidine rings is 1. The van der Waals surface area contributed by atoms with Crippen LogP contribution in [0.25, 0.3) is 11.4 Å². The number of hydrogen-bond donors (Lipinski definition) is 2. The first-order chi connectivity index (χ1) is 13.0. The van der Waals surface area contributed by atoms with E-state index in [0.29, 0.717) is 17.9 Å². The van der Waals surface area contributed by atoms with Crippen molar-refractivity contribution in [1.82, 2.24) is 20.2 Å². The van der Waals surface area contributed by atoms with Crippen LogP contribution in [-0.2, 0) is 0 Å². The summed E-state index contributed by atoms with van der Waals surface area (Å²) in [6.07, 6.45) is 2.45. The SMILES string of the molecule is Cc1cc(C)nc(-c2cccc(C(=O)NCCCN3CCC(O)CC3)c2)n1. The van der Waals surface area contributed by atoms with Crippen molar-refractivity contribution < 1.29 is 9.90 Å². The lowest BCUT2D eigenvalue weighted by Crippen LogP contribution is -2.37. The van der Waals surface area contributed by atoms with Gasteiger partial charge in [0, 0.05) is 42.1 Å². The highest BCUT2D eigenvalue weighted by Crippen LogP contribution is 2.17. The van der Waals surface area contributed by atoms with Crippen molar-refractivity contribution in [2.45, 2.75) is 39.2 Å². The third-order valence-corrected chi connectivity index (χ3v) is 4.86. The molecule has 6 heteroatoms. The lowest BCUT2D eigenvalue weighted by Gasteiger charge is -2.29. The average Bonchev–Trinajstić information content (AvgIpc) is 2.66. The number of nitrogens with one attached hydrogen (secondary N) is 1. The number of aryl methyl sites for hydroxylation is 2. The van der Waals surface area contributed by atoms with E-state index in [1.165, 1.54) is 0 Å². The van der Waals surface area contributed by atoms with Gasteiger partial charge in [0.1, 0.15) is 0 Å². The molecule has 0 radical (unpaired) electrons. The summed E-state index contributed by atoms with van der Waals surface area (Å²) in [7, 11) is 0. The number of carbonyl (C=O) groups is 1. The number of aliphatic hydroxyl groups excluding tert-OH is 1. The fourth-order valence-corrected chi connectivity index (χ4v) is 3.40. The van der Waals surface area contributed by atoms with Crippen molar-refractivity contribution in [2.24, 2.45) is 0 Å². The van der Waals surface area contributed by atoms with Gasteiger partial charge in [0.15, 0.2) is 5.82 Å². The molecule has 1 fully saturated rings. The predicted molar refractivity (Wildman–Crippen MR) is 106 cm³/mol. The Morgan fingerprint density at radius 3 is 2.59 bits per heavy atom. The van der Waals surface area contributed by atoms with E-state index in [0.717, 1.165) is 55.8 Å². The highest BCUT2D eigenvalue weighted by molar-refractivity contribution is 5.95. The van der Waals surface area contributed by atoms with E-state index < -0.39 is 0 Å². The third kappa shape index (κ3) is 5.58. The fraction of sp³-hybridized carbons (Fsp3) is 0.476. The largest absolute Gasteiger partial charge is 0.393 e. The van der Waals surface area contributed by atoms with Crippen LogP contribution in [0, 0.1) is 13.8 Å². The van der Waals surface area contributed by atoms with Crippen molar-refractivity contribution in [1.29, 1.82) is 0 Å². The summed E-state index contributed by atoms with van der Waals surface area (Å²) in [5.41, 5.74) is 3.30. The van der Waals surface area contributed by atoms with Gasteiger partial charge in [-0.1, -0.05) is 12.1 Å². The lowest BCUT2D eigenvalue weighted by molar-refractivity contribution is 0.0816. The molecule has 0 bridgehead atoms. The van der Waals surface area contributed by atoms with E-state index in [1.54, 1.807) is 0 Å². The molecule has 0 atom stereocenters. The Morgan fingerprint density at radius 2 is 1.89 bits per heavy atom. The van der Waals surface area contributed by atoms with Crippen LogP contribution in [-0.4, -0.2) is 58.2 Å². The van der Waals surface area contributed by atoms with Gasteiger partial charge in [-0.3, -0.25) is 4.79 Å². The van der Waals surface area contributed by atoms with E-state index >= 15 is 0 Å². The zero-order valence-corrected chi connectivity index (χ0v) is 16.1. The molecule has 2 N–H and O–H groups in total. The monoisotopic (exact) mass is 368 g/mol. The highest BCUT2D eigenvalue weighted by atomic mass is 16.3. The molecule has 1 aromatic carbocycles. The number of nitrogens with zero attached hydrogens (tertiary/aromatic N) is 3. The molecular weight excluding hydrogens is 340 g/mol. The van der Waals surface area contributed by atoms with Crippen molar-refractivity contribution in [3.8, 4) is 11.4 Å². The van der Waals surface area contributed by atoms with E-state index in [4.69, 9.17) is 0 Å². The van der Waals surface area contributed by atoms with Crippen molar-refractivity contribution >= 4 is 5.91 Å². The van der Waals surface area contributed by atoms with Crippen LogP contribution in [0.3, 0.4) is 0 Å². The molecule has 0 unspecified atom stereocenters. The topological polar surface area (TPSA) is 78.4 Å². The van der Waals surface area contributed by atoms with Gasteiger partial charge in [0.2, 0.25) is 0 Å². The zero-order chi connectivity index (χ0) is 19.2. The molecule has 0 spiro atoms. The van der Waals surface area contributed by atoms with E-state index in [9.17, 15) is 9.90 Å². The van der Waals surface area contributed by atoms with Crippen molar-refractivity contribution in [3.63, 3.8) is 0 Å². The second-order valence-electron chi connectivity index (χ2n) is 7.24. The maximum absolute atomic E-state index is 12.5. The van der Waals surface area contributed by atoms with Gasteiger partial charge >= 0.3 is 0 Å².